The van der Waals surface area contributed by atoms with Gasteiger partial charge in [0.25, 0.3) is 5.92 Å². The number of pyridine rings is 1. The summed E-state index contributed by atoms with van der Waals surface area (Å²) in [6.45, 7) is 2.69. The largest absolute Gasteiger partial charge is 0.485 e. The number of likely N-dealkylation sites (tertiary alicyclic amines) is 1. The Morgan fingerprint density at radius 3 is 2.58 bits per heavy atom. The van der Waals surface area contributed by atoms with Crippen molar-refractivity contribution >= 4 is 5.97 Å². The summed E-state index contributed by atoms with van der Waals surface area (Å²) in [5, 5.41) is 9.73. The highest BCUT2D eigenvalue weighted by molar-refractivity contribution is 5.71. The van der Waals surface area contributed by atoms with Gasteiger partial charge in [0.1, 0.15) is 17.7 Å². The Kier molecular flexibility index (Phi) is 8.11. The molecule has 3 aliphatic rings. The molecule has 1 saturated heterocycles. The number of rotatable bonds is 9. The fourth-order valence-electron chi connectivity index (χ4n) is 6.63. The summed E-state index contributed by atoms with van der Waals surface area (Å²) in [6.07, 6.45) is 4.10. The average molecular weight is 595 g/mol. The van der Waals surface area contributed by atoms with E-state index in [1.807, 2.05) is 29.2 Å². The highest BCUT2D eigenvalue weighted by atomic mass is 19.3. The normalized spacial score (nSPS) is 21.4. The van der Waals surface area contributed by atoms with Gasteiger partial charge in [-0.1, -0.05) is 37.3 Å². The van der Waals surface area contributed by atoms with Crippen molar-refractivity contribution in [2.24, 2.45) is 11.8 Å². The van der Waals surface area contributed by atoms with E-state index in [9.17, 15) is 18.7 Å². The second kappa shape index (κ2) is 11.8. The first-order chi connectivity index (χ1) is 20.6. The molecule has 2 unspecified atom stereocenters. The molecule has 43 heavy (non-hydrogen) atoms. The van der Waals surface area contributed by atoms with Crippen LogP contribution in [-0.2, 0) is 17.8 Å². The second-order valence-corrected chi connectivity index (χ2v) is 12.3. The number of fused-ring (bicyclic) bond motifs is 1. The summed E-state index contributed by atoms with van der Waals surface area (Å²) < 4.78 is 54.6. The van der Waals surface area contributed by atoms with Crippen LogP contribution in [0.15, 0.2) is 48.7 Å². The lowest BCUT2D eigenvalue weighted by Gasteiger charge is -2.33. The zero-order valence-corrected chi connectivity index (χ0v) is 24.5. The van der Waals surface area contributed by atoms with E-state index in [4.69, 9.17) is 9.47 Å². The van der Waals surface area contributed by atoms with E-state index in [0.717, 1.165) is 59.9 Å². The van der Waals surface area contributed by atoms with Crippen LogP contribution in [0.4, 0.5) is 13.2 Å². The van der Waals surface area contributed by atoms with Gasteiger partial charge in [0.15, 0.2) is 0 Å². The Labute approximate surface area is 249 Å². The van der Waals surface area contributed by atoms with Gasteiger partial charge in [-0.05, 0) is 71.4 Å². The topological polar surface area (TPSA) is 71.9 Å². The zero-order valence-electron chi connectivity index (χ0n) is 24.5. The number of benzene rings is 2. The van der Waals surface area contributed by atoms with E-state index < -0.39 is 23.6 Å². The maximum atomic E-state index is 15.1. The number of carboxylic acids is 1. The summed E-state index contributed by atoms with van der Waals surface area (Å²) in [7, 11) is 1.47. The van der Waals surface area contributed by atoms with Crippen LogP contribution >= 0.6 is 0 Å². The molecule has 6 rings (SSSR count). The van der Waals surface area contributed by atoms with Crippen LogP contribution in [0.5, 0.6) is 11.6 Å². The Morgan fingerprint density at radius 1 is 1.12 bits per heavy atom. The lowest BCUT2D eigenvalue weighted by Crippen LogP contribution is -2.38. The number of hydrogen-bond acceptors (Lipinski definition) is 5. The van der Waals surface area contributed by atoms with Crippen molar-refractivity contribution in [3.63, 3.8) is 0 Å². The molecule has 1 aliphatic carbocycles. The molecule has 1 aromatic heterocycles. The van der Waals surface area contributed by atoms with Gasteiger partial charge in [-0.3, -0.25) is 9.69 Å². The number of methoxy groups -OCH3 is 1. The molecule has 6 nitrogen and oxygen atoms in total. The van der Waals surface area contributed by atoms with Gasteiger partial charge in [0.2, 0.25) is 5.88 Å². The molecule has 228 valence electrons. The number of aryl methyl sites for hydroxylation is 1. The van der Waals surface area contributed by atoms with Gasteiger partial charge >= 0.3 is 5.97 Å². The number of carboxylic acid groups (broad SMARTS) is 1. The molecule has 1 saturated carbocycles. The van der Waals surface area contributed by atoms with Gasteiger partial charge in [-0.15, -0.1) is 0 Å². The Morgan fingerprint density at radius 2 is 1.88 bits per heavy atom. The maximum Gasteiger partial charge on any atom is 0.306 e. The number of carbonyl (C=O) groups is 1. The molecule has 0 amide bonds. The summed E-state index contributed by atoms with van der Waals surface area (Å²) in [6, 6.07) is 13.5. The standard InChI is InChI=1S/C34H37F3N2O4/c1-20(33(40)41)32(22-4-5-22)24-6-3-21-8-10-29(43-30(21)16-24)23-7-9-26(27-17-31(42-2)38-18-28(27)35)25(15-23)19-39-13-11-34(36,37)12-14-39/h3,6-7,9,15-18,20,22,29,32H,4-5,8,10-14,19H2,1-2H3,(H,40,41)/t20-,29?,32?/m0/s1. The minimum Gasteiger partial charge on any atom is -0.485 e. The van der Waals surface area contributed by atoms with Crippen LogP contribution in [0.2, 0.25) is 0 Å². The fraction of sp³-hybridized carbons (Fsp3) is 0.471. The van der Waals surface area contributed by atoms with E-state index in [1.165, 1.54) is 7.11 Å². The van der Waals surface area contributed by atoms with Crippen molar-refractivity contribution in [1.82, 2.24) is 9.88 Å². The van der Waals surface area contributed by atoms with Crippen LogP contribution in [0.3, 0.4) is 0 Å². The minimum atomic E-state index is -2.66. The number of halogens is 3. The lowest BCUT2D eigenvalue weighted by molar-refractivity contribution is -0.142. The second-order valence-electron chi connectivity index (χ2n) is 12.3. The Bertz CT molecular complexity index is 1500. The Hall–Kier alpha value is -3.59. The summed E-state index contributed by atoms with van der Waals surface area (Å²) in [5.74, 6) is -3.05. The summed E-state index contributed by atoms with van der Waals surface area (Å²) in [4.78, 5) is 17.8. The molecule has 0 bridgehead atoms. The van der Waals surface area contributed by atoms with Crippen LogP contribution in [-0.4, -0.2) is 47.1 Å². The molecule has 1 N–H and O–H groups in total. The van der Waals surface area contributed by atoms with E-state index in [-0.39, 0.29) is 43.8 Å². The molecule has 3 atom stereocenters. The first-order valence-corrected chi connectivity index (χ1v) is 15.1. The zero-order chi connectivity index (χ0) is 30.3. The number of nitrogens with zero attached hydrogens (tertiary/aromatic N) is 2. The van der Waals surface area contributed by atoms with E-state index in [0.29, 0.717) is 23.6 Å². The van der Waals surface area contributed by atoms with Crippen molar-refractivity contribution < 1.29 is 32.5 Å². The molecule has 3 heterocycles. The smallest absolute Gasteiger partial charge is 0.306 e. The molecule has 2 fully saturated rings. The van der Waals surface area contributed by atoms with Gasteiger partial charge in [-0.2, -0.15) is 0 Å². The number of ether oxygens (including phenoxy) is 2. The third kappa shape index (κ3) is 6.37. The van der Waals surface area contributed by atoms with Crippen LogP contribution in [0, 0.1) is 17.7 Å². The predicted molar refractivity (Wildman–Crippen MR) is 156 cm³/mol. The molecule has 2 aliphatic heterocycles. The SMILES string of the molecule is COc1cc(-c2ccc(C3CCc4ccc(C(C5CC5)[C@H](C)C(=O)O)cc4O3)cc2CN2CCC(F)(F)CC2)c(F)cn1. The predicted octanol–water partition coefficient (Wildman–Crippen LogP) is 7.41. The molecular weight excluding hydrogens is 557 g/mol. The minimum absolute atomic E-state index is 0.0539. The van der Waals surface area contributed by atoms with Crippen molar-refractivity contribution in [3.8, 4) is 22.8 Å². The van der Waals surface area contributed by atoms with Gasteiger partial charge in [0, 0.05) is 44.1 Å². The monoisotopic (exact) mass is 594 g/mol. The summed E-state index contributed by atoms with van der Waals surface area (Å²) >= 11 is 0. The first-order valence-electron chi connectivity index (χ1n) is 15.1. The van der Waals surface area contributed by atoms with Gasteiger partial charge in [-0.25, -0.2) is 18.2 Å². The van der Waals surface area contributed by atoms with Crippen molar-refractivity contribution in [3.05, 3.63) is 76.7 Å². The fourth-order valence-corrected chi connectivity index (χ4v) is 6.63. The van der Waals surface area contributed by atoms with Gasteiger partial charge < -0.3 is 14.6 Å². The van der Waals surface area contributed by atoms with Crippen LogP contribution < -0.4 is 9.47 Å². The third-order valence-electron chi connectivity index (χ3n) is 9.29. The quantitative estimate of drug-likeness (QED) is 0.278. The maximum absolute atomic E-state index is 15.1. The highest BCUT2D eigenvalue weighted by Crippen LogP contribution is 2.48. The number of aliphatic carboxylic acids is 1. The van der Waals surface area contributed by atoms with Crippen molar-refractivity contribution in [2.75, 3.05) is 20.2 Å². The first kappa shape index (κ1) is 29.5. The molecule has 3 aromatic rings. The Balaban J connectivity index is 1.31. The van der Waals surface area contributed by atoms with Crippen LogP contribution in [0.1, 0.15) is 73.3 Å². The third-order valence-corrected chi connectivity index (χ3v) is 9.29. The molecule has 0 spiro atoms. The average Bonchev–Trinajstić information content (AvgIpc) is 3.83. The lowest BCUT2D eigenvalue weighted by atomic mass is 9.82. The highest BCUT2D eigenvalue weighted by Gasteiger charge is 2.39. The number of alkyl halides is 2. The van der Waals surface area contributed by atoms with Gasteiger partial charge in [0.05, 0.1) is 19.2 Å². The number of hydrogen-bond donors (Lipinski definition) is 1. The van der Waals surface area contributed by atoms with E-state index in [1.54, 1.807) is 13.0 Å². The number of aromatic nitrogens is 1. The van der Waals surface area contributed by atoms with Crippen LogP contribution in [0.25, 0.3) is 11.1 Å². The summed E-state index contributed by atoms with van der Waals surface area (Å²) in [5.41, 5.74) is 4.84. The van der Waals surface area contributed by atoms with Crippen molar-refractivity contribution in [1.29, 1.82) is 0 Å². The molecular formula is C34H37F3N2O4. The van der Waals surface area contributed by atoms with E-state index >= 15 is 4.39 Å². The molecule has 2 aromatic carbocycles. The number of piperidine rings is 1. The molecule has 0 radical (unpaired) electrons. The van der Waals surface area contributed by atoms with Crippen molar-refractivity contribution in [2.45, 2.75) is 69.9 Å². The van der Waals surface area contributed by atoms with E-state index in [2.05, 4.69) is 17.1 Å². The molecule has 9 heteroatoms.